The van der Waals surface area contributed by atoms with Crippen molar-refractivity contribution < 1.29 is 9.21 Å². The number of hydrogen-bond acceptors (Lipinski definition) is 3. The van der Waals surface area contributed by atoms with E-state index in [1.165, 1.54) is 19.1 Å². The highest BCUT2D eigenvalue weighted by Gasteiger charge is 2.30. The second-order valence-electron chi connectivity index (χ2n) is 5.26. The van der Waals surface area contributed by atoms with Crippen LogP contribution in [0.4, 0.5) is 0 Å². The lowest BCUT2D eigenvalue weighted by atomic mass is 9.78. The minimum atomic E-state index is -0.0368. The molecule has 1 saturated heterocycles. The summed E-state index contributed by atoms with van der Waals surface area (Å²) >= 11 is 0. The summed E-state index contributed by atoms with van der Waals surface area (Å²) in [6, 6.07) is 1.77. The van der Waals surface area contributed by atoms with Crippen LogP contribution in [0.2, 0.25) is 0 Å². The molecule has 0 radical (unpaired) electrons. The molecule has 1 aromatic heterocycles. The van der Waals surface area contributed by atoms with Gasteiger partial charge in [-0.1, -0.05) is 6.92 Å². The Bertz CT molecular complexity index is 406. The molecule has 0 bridgehead atoms. The number of carbonyl (C=O) groups is 1. The molecule has 1 amide bonds. The van der Waals surface area contributed by atoms with Crippen LogP contribution >= 0.6 is 0 Å². The molecule has 0 aromatic carbocycles. The van der Waals surface area contributed by atoms with Crippen molar-refractivity contribution in [2.24, 2.45) is 5.41 Å². The van der Waals surface area contributed by atoms with Gasteiger partial charge in [-0.2, -0.15) is 0 Å². The lowest BCUT2D eigenvalue weighted by molar-refractivity contribution is 0.0913. The molecule has 1 fully saturated rings. The Kier molecular flexibility index (Phi) is 4.07. The predicted octanol–water partition coefficient (Wildman–Crippen LogP) is 2.10. The summed E-state index contributed by atoms with van der Waals surface area (Å²) in [7, 11) is 0. The molecule has 0 spiro atoms. The summed E-state index contributed by atoms with van der Waals surface area (Å²) in [5.41, 5.74) is 0.828. The van der Waals surface area contributed by atoms with E-state index in [4.69, 9.17) is 4.42 Å². The highest BCUT2D eigenvalue weighted by atomic mass is 16.3. The van der Waals surface area contributed by atoms with Crippen LogP contribution in [0.25, 0.3) is 0 Å². The van der Waals surface area contributed by atoms with E-state index in [1.54, 1.807) is 6.07 Å². The van der Waals surface area contributed by atoms with Gasteiger partial charge in [0.1, 0.15) is 12.0 Å². The first-order valence-corrected chi connectivity index (χ1v) is 6.69. The number of amides is 1. The molecule has 100 valence electrons. The van der Waals surface area contributed by atoms with Gasteiger partial charge < -0.3 is 15.1 Å². The summed E-state index contributed by atoms with van der Waals surface area (Å²) in [4.78, 5) is 12.0. The fraction of sp³-hybridized carbons (Fsp3) is 0.643. The molecular weight excluding hydrogens is 228 g/mol. The fourth-order valence-corrected chi connectivity index (χ4v) is 2.54. The van der Waals surface area contributed by atoms with E-state index < -0.39 is 0 Å². The minimum absolute atomic E-state index is 0.0368. The lowest BCUT2D eigenvalue weighted by Gasteiger charge is -2.37. The number of aryl methyl sites for hydroxylation is 1. The lowest BCUT2D eigenvalue weighted by Crippen LogP contribution is -2.47. The van der Waals surface area contributed by atoms with E-state index in [9.17, 15) is 4.79 Å². The Morgan fingerprint density at radius 2 is 2.44 bits per heavy atom. The molecule has 2 N–H and O–H groups in total. The van der Waals surface area contributed by atoms with Gasteiger partial charge in [0.2, 0.25) is 0 Å². The third kappa shape index (κ3) is 2.93. The fourth-order valence-electron chi connectivity index (χ4n) is 2.54. The normalized spacial score (nSPS) is 23.9. The average Bonchev–Trinajstić information content (AvgIpc) is 2.84. The predicted molar refractivity (Wildman–Crippen MR) is 70.6 cm³/mol. The summed E-state index contributed by atoms with van der Waals surface area (Å²) in [6.07, 6.45) is 4.98. The third-order valence-corrected chi connectivity index (χ3v) is 3.93. The van der Waals surface area contributed by atoms with E-state index >= 15 is 0 Å². The number of piperidine rings is 1. The minimum Gasteiger partial charge on any atom is -0.469 e. The molecule has 4 heteroatoms. The van der Waals surface area contributed by atoms with Crippen molar-refractivity contribution in [3.63, 3.8) is 0 Å². The van der Waals surface area contributed by atoms with Crippen molar-refractivity contribution in [1.29, 1.82) is 0 Å². The van der Waals surface area contributed by atoms with Gasteiger partial charge in [-0.3, -0.25) is 4.79 Å². The van der Waals surface area contributed by atoms with Crippen molar-refractivity contribution >= 4 is 5.91 Å². The standard InChI is InChI=1S/C14H22N2O2/c1-3-14(5-4-6-15-9-14)10-16-13(17)12-7-11(2)18-8-12/h7-8,15H,3-6,9-10H2,1-2H3,(H,16,17). The molecule has 4 nitrogen and oxygen atoms in total. The number of hydrogen-bond donors (Lipinski definition) is 2. The molecule has 1 unspecified atom stereocenters. The Hall–Kier alpha value is -1.29. The van der Waals surface area contributed by atoms with Crippen molar-refractivity contribution in [3.05, 3.63) is 23.7 Å². The van der Waals surface area contributed by atoms with Gasteiger partial charge in [-0.15, -0.1) is 0 Å². The van der Waals surface area contributed by atoms with Crippen molar-refractivity contribution in [1.82, 2.24) is 10.6 Å². The first-order valence-electron chi connectivity index (χ1n) is 6.69. The second kappa shape index (κ2) is 5.57. The number of furan rings is 1. The maximum absolute atomic E-state index is 12.0. The van der Waals surface area contributed by atoms with Gasteiger partial charge in [0.25, 0.3) is 5.91 Å². The summed E-state index contributed by atoms with van der Waals surface area (Å²) in [5, 5.41) is 6.46. The van der Waals surface area contributed by atoms with Gasteiger partial charge in [-0.25, -0.2) is 0 Å². The van der Waals surface area contributed by atoms with E-state index in [-0.39, 0.29) is 11.3 Å². The summed E-state index contributed by atoms with van der Waals surface area (Å²) < 4.78 is 5.16. The van der Waals surface area contributed by atoms with Crippen LogP contribution in [0.5, 0.6) is 0 Å². The first kappa shape index (κ1) is 13.1. The summed E-state index contributed by atoms with van der Waals surface area (Å²) in [6.45, 7) is 6.86. The van der Waals surface area contributed by atoms with Gasteiger partial charge >= 0.3 is 0 Å². The Labute approximate surface area is 108 Å². The SMILES string of the molecule is CCC1(CNC(=O)c2coc(C)c2)CCCNC1. The molecule has 1 atom stereocenters. The number of nitrogens with one attached hydrogen (secondary N) is 2. The molecule has 2 heterocycles. The van der Waals surface area contributed by atoms with Crippen LogP contribution in [0, 0.1) is 12.3 Å². The smallest absolute Gasteiger partial charge is 0.254 e. The highest BCUT2D eigenvalue weighted by molar-refractivity contribution is 5.93. The largest absolute Gasteiger partial charge is 0.469 e. The number of carbonyl (C=O) groups excluding carboxylic acids is 1. The van der Waals surface area contributed by atoms with Crippen molar-refractivity contribution in [2.75, 3.05) is 19.6 Å². The van der Waals surface area contributed by atoms with Gasteiger partial charge in [0.05, 0.1) is 5.56 Å². The van der Waals surface area contributed by atoms with Crippen molar-refractivity contribution in [2.45, 2.75) is 33.1 Å². The van der Waals surface area contributed by atoms with Crippen LogP contribution in [-0.4, -0.2) is 25.5 Å². The van der Waals surface area contributed by atoms with Crippen LogP contribution in [0.1, 0.15) is 42.3 Å². The second-order valence-corrected chi connectivity index (χ2v) is 5.26. The first-order chi connectivity index (χ1) is 8.65. The highest BCUT2D eigenvalue weighted by Crippen LogP contribution is 2.29. The Morgan fingerprint density at radius 3 is 3.00 bits per heavy atom. The maximum Gasteiger partial charge on any atom is 0.254 e. The van der Waals surface area contributed by atoms with E-state index in [2.05, 4.69) is 17.6 Å². The zero-order valence-corrected chi connectivity index (χ0v) is 11.2. The topological polar surface area (TPSA) is 54.3 Å². The van der Waals surface area contributed by atoms with Gasteiger partial charge in [-0.05, 0) is 44.2 Å². The van der Waals surface area contributed by atoms with Crippen molar-refractivity contribution in [3.8, 4) is 0 Å². The van der Waals surface area contributed by atoms with Crippen LogP contribution < -0.4 is 10.6 Å². The molecule has 0 saturated carbocycles. The Balaban J connectivity index is 1.91. The molecule has 1 aromatic rings. The average molecular weight is 250 g/mol. The summed E-state index contributed by atoms with van der Waals surface area (Å²) in [5.74, 6) is 0.731. The molecule has 1 aliphatic heterocycles. The van der Waals surface area contributed by atoms with Crippen LogP contribution in [-0.2, 0) is 0 Å². The molecule has 0 aliphatic carbocycles. The monoisotopic (exact) mass is 250 g/mol. The molecular formula is C14H22N2O2. The van der Waals surface area contributed by atoms with E-state index in [0.717, 1.165) is 31.8 Å². The third-order valence-electron chi connectivity index (χ3n) is 3.93. The maximum atomic E-state index is 12.0. The Morgan fingerprint density at radius 1 is 1.61 bits per heavy atom. The zero-order valence-electron chi connectivity index (χ0n) is 11.2. The van der Waals surface area contributed by atoms with Crippen LogP contribution in [0.15, 0.2) is 16.7 Å². The van der Waals surface area contributed by atoms with E-state index in [0.29, 0.717) is 5.56 Å². The number of rotatable bonds is 4. The van der Waals surface area contributed by atoms with Crippen LogP contribution in [0.3, 0.4) is 0 Å². The molecule has 2 rings (SSSR count). The molecule has 1 aliphatic rings. The quantitative estimate of drug-likeness (QED) is 0.860. The van der Waals surface area contributed by atoms with Gasteiger partial charge in [0.15, 0.2) is 0 Å². The van der Waals surface area contributed by atoms with Gasteiger partial charge in [0, 0.05) is 13.1 Å². The molecule has 18 heavy (non-hydrogen) atoms. The zero-order chi connectivity index (χ0) is 13.0. The van der Waals surface area contributed by atoms with E-state index in [1.807, 2.05) is 6.92 Å².